The van der Waals surface area contributed by atoms with Gasteiger partial charge in [0.05, 0.1) is 0 Å². The van der Waals surface area contributed by atoms with Crippen molar-refractivity contribution in [2.45, 2.75) is 53.6 Å². The van der Waals surface area contributed by atoms with E-state index in [1.165, 1.54) is 0 Å². The molecular formula is C13H28NO2P. The summed E-state index contributed by atoms with van der Waals surface area (Å²) in [7, 11) is 2.76. The highest BCUT2D eigenvalue weighted by molar-refractivity contribution is 7.16. The van der Waals surface area contributed by atoms with Gasteiger partial charge in [-0.3, -0.25) is 0 Å². The van der Waals surface area contributed by atoms with Crippen molar-refractivity contribution in [1.82, 2.24) is 4.90 Å². The van der Waals surface area contributed by atoms with E-state index >= 15 is 0 Å². The number of rotatable bonds is 1. The Morgan fingerprint density at radius 1 is 1.41 bits per heavy atom. The molecule has 1 fully saturated rings. The minimum absolute atomic E-state index is 0.176. The van der Waals surface area contributed by atoms with Crippen LogP contribution >= 0.6 is 9.24 Å². The van der Waals surface area contributed by atoms with Crippen LogP contribution in [0.25, 0.3) is 0 Å². The summed E-state index contributed by atoms with van der Waals surface area (Å²) >= 11 is 0. The maximum atomic E-state index is 11.8. The van der Waals surface area contributed by atoms with Crippen LogP contribution in [0.5, 0.6) is 0 Å². The van der Waals surface area contributed by atoms with Crippen molar-refractivity contribution in [3.8, 4) is 0 Å². The molecule has 1 heterocycles. The molecule has 1 amide bonds. The first-order chi connectivity index (χ1) is 7.76. The van der Waals surface area contributed by atoms with Gasteiger partial charge in [0.2, 0.25) is 0 Å². The van der Waals surface area contributed by atoms with Crippen molar-refractivity contribution in [1.29, 1.82) is 0 Å². The Hall–Kier alpha value is -0.300. The monoisotopic (exact) mass is 261 g/mol. The Morgan fingerprint density at radius 2 is 1.94 bits per heavy atom. The number of amides is 1. The molecule has 0 aromatic rings. The van der Waals surface area contributed by atoms with Gasteiger partial charge in [0.1, 0.15) is 5.60 Å². The molecule has 1 aliphatic heterocycles. The zero-order chi connectivity index (χ0) is 13.7. The van der Waals surface area contributed by atoms with Crippen LogP contribution in [-0.2, 0) is 4.74 Å². The molecule has 17 heavy (non-hydrogen) atoms. The second-order valence-electron chi connectivity index (χ2n) is 5.67. The average molecular weight is 261 g/mol. The van der Waals surface area contributed by atoms with Gasteiger partial charge in [0.15, 0.2) is 0 Å². The predicted octanol–water partition coefficient (Wildman–Crippen LogP) is 3.53. The molecule has 1 saturated heterocycles. The molecule has 0 aliphatic carbocycles. The van der Waals surface area contributed by atoms with Crippen molar-refractivity contribution in [3.63, 3.8) is 0 Å². The van der Waals surface area contributed by atoms with Crippen LogP contribution < -0.4 is 0 Å². The molecule has 0 N–H and O–H groups in total. The zero-order valence-corrected chi connectivity index (χ0v) is 13.3. The molecule has 102 valence electrons. The number of ether oxygens (including phenoxy) is 1. The fraction of sp³-hybridized carbons (Fsp3) is 0.923. The van der Waals surface area contributed by atoms with Crippen LogP contribution in [0.1, 0.15) is 48.0 Å². The van der Waals surface area contributed by atoms with Gasteiger partial charge in [-0.25, -0.2) is 4.79 Å². The highest BCUT2D eigenvalue weighted by Gasteiger charge is 2.36. The summed E-state index contributed by atoms with van der Waals surface area (Å²) in [6.45, 7) is 13.5. The number of likely N-dealkylation sites (tertiary alicyclic amines) is 1. The summed E-state index contributed by atoms with van der Waals surface area (Å²) < 4.78 is 5.34. The second kappa shape index (κ2) is 6.58. The van der Waals surface area contributed by atoms with E-state index in [4.69, 9.17) is 4.74 Å². The molecule has 3 nitrogen and oxygen atoms in total. The molecule has 2 unspecified atom stereocenters. The molecule has 4 heteroatoms. The molecule has 2 atom stereocenters. The van der Waals surface area contributed by atoms with Crippen LogP contribution in [0.15, 0.2) is 0 Å². The third kappa shape index (κ3) is 5.72. The molecular weight excluding hydrogens is 233 g/mol. The molecule has 0 saturated carbocycles. The lowest BCUT2D eigenvalue weighted by Crippen LogP contribution is -2.36. The minimum Gasteiger partial charge on any atom is -0.444 e. The van der Waals surface area contributed by atoms with Gasteiger partial charge >= 0.3 is 6.09 Å². The van der Waals surface area contributed by atoms with Crippen LogP contribution in [0, 0.1) is 5.41 Å². The van der Waals surface area contributed by atoms with Crippen molar-refractivity contribution in [2.75, 3.05) is 19.3 Å². The molecule has 0 aromatic heterocycles. The first-order valence-corrected chi connectivity index (χ1v) is 7.25. The number of carbonyl (C=O) groups excluding carboxylic acids is 1. The first-order valence-electron chi connectivity index (χ1n) is 6.44. The maximum absolute atomic E-state index is 11.8. The largest absolute Gasteiger partial charge is 0.444 e. The lowest BCUT2D eigenvalue weighted by Gasteiger charge is -2.26. The van der Waals surface area contributed by atoms with Crippen molar-refractivity contribution in [2.24, 2.45) is 5.41 Å². The smallest absolute Gasteiger partial charge is 0.410 e. The summed E-state index contributed by atoms with van der Waals surface area (Å²) in [4.78, 5) is 13.6. The fourth-order valence-corrected chi connectivity index (χ4v) is 2.01. The van der Waals surface area contributed by atoms with Gasteiger partial charge < -0.3 is 9.64 Å². The third-order valence-electron chi connectivity index (χ3n) is 2.70. The SMILES string of the molecule is CC.CC1(CP)CCN(C(=O)OC(C)(C)C)C1. The Morgan fingerprint density at radius 3 is 2.29 bits per heavy atom. The lowest BCUT2D eigenvalue weighted by atomic mass is 9.93. The number of hydrogen-bond acceptors (Lipinski definition) is 2. The van der Waals surface area contributed by atoms with Crippen molar-refractivity contribution in [3.05, 3.63) is 0 Å². The standard InChI is InChI=1S/C11H22NO2P.C2H6/c1-10(2,3)14-9(13)12-6-5-11(4,7-12)8-15;1-2/h5-8,15H2,1-4H3;1-2H3. The van der Waals surface area contributed by atoms with Crippen LogP contribution in [0.3, 0.4) is 0 Å². The van der Waals surface area contributed by atoms with Gasteiger partial charge in [0.25, 0.3) is 0 Å². The fourth-order valence-electron chi connectivity index (χ4n) is 1.67. The maximum Gasteiger partial charge on any atom is 0.410 e. The quantitative estimate of drug-likeness (QED) is 0.676. The highest BCUT2D eigenvalue weighted by Crippen LogP contribution is 2.32. The predicted molar refractivity (Wildman–Crippen MR) is 76.5 cm³/mol. The van der Waals surface area contributed by atoms with Gasteiger partial charge in [-0.2, -0.15) is 0 Å². The molecule has 1 aliphatic rings. The van der Waals surface area contributed by atoms with E-state index in [1.807, 2.05) is 39.5 Å². The molecule has 0 aromatic carbocycles. The number of carbonyl (C=O) groups is 1. The van der Waals surface area contributed by atoms with Gasteiger partial charge in [0, 0.05) is 13.1 Å². The molecule has 1 rings (SSSR count). The minimum atomic E-state index is -0.392. The Labute approximate surface area is 108 Å². The van der Waals surface area contributed by atoms with Crippen LogP contribution in [0.4, 0.5) is 4.79 Å². The van der Waals surface area contributed by atoms with E-state index in [0.717, 1.165) is 25.7 Å². The van der Waals surface area contributed by atoms with Crippen molar-refractivity contribution >= 4 is 15.3 Å². The van der Waals surface area contributed by atoms with E-state index in [2.05, 4.69) is 16.2 Å². The Balaban J connectivity index is 0.00000121. The molecule has 0 radical (unpaired) electrons. The van der Waals surface area contributed by atoms with Crippen LogP contribution in [-0.4, -0.2) is 35.8 Å². The average Bonchev–Trinajstić information content (AvgIpc) is 2.63. The van der Waals surface area contributed by atoms with E-state index in [1.54, 1.807) is 0 Å². The second-order valence-corrected chi connectivity index (χ2v) is 6.07. The number of hydrogen-bond donors (Lipinski definition) is 0. The van der Waals surface area contributed by atoms with Gasteiger partial charge in [-0.05, 0) is 38.8 Å². The van der Waals surface area contributed by atoms with E-state index in [9.17, 15) is 4.79 Å². The topological polar surface area (TPSA) is 29.5 Å². The lowest BCUT2D eigenvalue weighted by molar-refractivity contribution is 0.0279. The summed E-state index contributed by atoms with van der Waals surface area (Å²) in [5.74, 6) is 0. The molecule has 0 spiro atoms. The zero-order valence-electron chi connectivity index (χ0n) is 12.2. The summed E-state index contributed by atoms with van der Waals surface area (Å²) in [5.41, 5.74) is -0.140. The van der Waals surface area contributed by atoms with Crippen LogP contribution in [0.2, 0.25) is 0 Å². The summed E-state index contributed by atoms with van der Waals surface area (Å²) in [5, 5.41) is 0. The van der Waals surface area contributed by atoms with Gasteiger partial charge in [-0.15, -0.1) is 9.24 Å². The first kappa shape index (κ1) is 16.7. The summed E-state index contributed by atoms with van der Waals surface area (Å²) in [6, 6.07) is 0. The van der Waals surface area contributed by atoms with E-state index in [0.29, 0.717) is 0 Å². The van der Waals surface area contributed by atoms with E-state index in [-0.39, 0.29) is 11.5 Å². The van der Waals surface area contributed by atoms with Gasteiger partial charge in [-0.1, -0.05) is 20.8 Å². The highest BCUT2D eigenvalue weighted by atomic mass is 31.0. The number of nitrogens with zero attached hydrogens (tertiary/aromatic N) is 1. The third-order valence-corrected chi connectivity index (χ3v) is 3.69. The Bertz CT molecular complexity index is 250. The van der Waals surface area contributed by atoms with Crippen molar-refractivity contribution < 1.29 is 9.53 Å². The Kier molecular flexibility index (Phi) is 6.47. The van der Waals surface area contributed by atoms with E-state index < -0.39 is 5.60 Å². The normalized spacial score (nSPS) is 24.1. The molecule has 0 bridgehead atoms. The summed E-state index contributed by atoms with van der Waals surface area (Å²) in [6.07, 6.45) is 1.92.